The minimum absolute atomic E-state index is 0.403. The molecule has 2 atom stereocenters. The number of pyridine rings is 1. The number of aromatic nitrogens is 1. The monoisotopic (exact) mass is 275 g/mol. The summed E-state index contributed by atoms with van der Waals surface area (Å²) in [6.45, 7) is 0. The van der Waals surface area contributed by atoms with E-state index in [-0.39, 0.29) is 0 Å². The average molecular weight is 276 g/mol. The van der Waals surface area contributed by atoms with Gasteiger partial charge in [0.05, 0.1) is 16.5 Å². The van der Waals surface area contributed by atoms with E-state index >= 15 is 0 Å². The lowest BCUT2D eigenvalue weighted by atomic mass is 9.66. The summed E-state index contributed by atoms with van der Waals surface area (Å²) >= 11 is 6.05. The number of piperidine rings is 2. The zero-order valence-electron chi connectivity index (χ0n) is 11.1. The van der Waals surface area contributed by atoms with Gasteiger partial charge < -0.3 is 4.90 Å². The first-order valence-corrected chi connectivity index (χ1v) is 7.27. The molecule has 0 N–H and O–H groups in total. The van der Waals surface area contributed by atoms with E-state index in [0.29, 0.717) is 17.1 Å². The fraction of sp³-hybridized carbons (Fsp3) is 0.600. The normalized spacial score (nSPS) is 34.8. The Kier molecular flexibility index (Phi) is 3.24. The van der Waals surface area contributed by atoms with Crippen molar-refractivity contribution in [2.24, 2.45) is 0 Å². The highest BCUT2D eigenvalue weighted by Crippen LogP contribution is 2.45. The summed E-state index contributed by atoms with van der Waals surface area (Å²) in [5.74, 6) is 0. The first-order chi connectivity index (χ1) is 9.14. The van der Waals surface area contributed by atoms with Gasteiger partial charge >= 0.3 is 0 Å². The Labute approximate surface area is 119 Å². The maximum Gasteiger partial charge on any atom is 0.0867 e. The van der Waals surface area contributed by atoms with E-state index in [4.69, 9.17) is 11.6 Å². The van der Waals surface area contributed by atoms with Crippen LogP contribution in [0.25, 0.3) is 0 Å². The Morgan fingerprint density at radius 3 is 2.63 bits per heavy atom. The molecule has 1 aromatic heterocycles. The maximum absolute atomic E-state index is 9.79. The van der Waals surface area contributed by atoms with Gasteiger partial charge in [0.1, 0.15) is 0 Å². The summed E-state index contributed by atoms with van der Waals surface area (Å²) in [5, 5.41) is 10.4. The molecule has 100 valence electrons. The van der Waals surface area contributed by atoms with Gasteiger partial charge in [0.2, 0.25) is 0 Å². The van der Waals surface area contributed by atoms with Crippen molar-refractivity contribution in [1.82, 2.24) is 9.88 Å². The molecule has 0 amide bonds. The lowest BCUT2D eigenvalue weighted by molar-refractivity contribution is 0.0375. The fourth-order valence-corrected chi connectivity index (χ4v) is 3.91. The van der Waals surface area contributed by atoms with E-state index in [0.717, 1.165) is 18.4 Å². The number of rotatable bonds is 1. The van der Waals surface area contributed by atoms with E-state index in [1.165, 1.54) is 19.3 Å². The predicted molar refractivity (Wildman–Crippen MR) is 75.0 cm³/mol. The Bertz CT molecular complexity index is 508. The van der Waals surface area contributed by atoms with Crippen LogP contribution in [0.5, 0.6) is 0 Å². The molecule has 0 aromatic carbocycles. The second-order valence-corrected chi connectivity index (χ2v) is 6.33. The van der Waals surface area contributed by atoms with Crippen molar-refractivity contribution in [3.8, 4) is 6.07 Å². The SMILES string of the molecule is CN1C2CCCC1CC(C#N)(c1cncc(Cl)c1)C2. The van der Waals surface area contributed by atoms with E-state index in [1.807, 2.05) is 12.3 Å². The Morgan fingerprint density at radius 2 is 2.05 bits per heavy atom. The van der Waals surface area contributed by atoms with Gasteiger partial charge in [-0.3, -0.25) is 4.98 Å². The number of hydrogen-bond donors (Lipinski definition) is 0. The summed E-state index contributed by atoms with van der Waals surface area (Å²) in [6, 6.07) is 5.54. The molecule has 3 nitrogen and oxygen atoms in total. The lowest BCUT2D eigenvalue weighted by Gasteiger charge is -2.50. The van der Waals surface area contributed by atoms with Gasteiger partial charge in [-0.2, -0.15) is 5.26 Å². The Balaban J connectivity index is 1.99. The molecule has 3 heterocycles. The molecule has 0 aliphatic carbocycles. The highest BCUT2D eigenvalue weighted by atomic mass is 35.5. The molecule has 1 aromatic rings. The van der Waals surface area contributed by atoms with Crippen LogP contribution in [-0.2, 0) is 5.41 Å². The largest absolute Gasteiger partial charge is 0.300 e. The summed E-state index contributed by atoms with van der Waals surface area (Å²) in [7, 11) is 2.20. The van der Waals surface area contributed by atoms with Gasteiger partial charge in [0, 0.05) is 24.5 Å². The van der Waals surface area contributed by atoms with Crippen molar-refractivity contribution in [2.45, 2.75) is 49.6 Å². The van der Waals surface area contributed by atoms with Crippen LogP contribution in [0.2, 0.25) is 5.02 Å². The third kappa shape index (κ3) is 2.13. The van der Waals surface area contributed by atoms with Crippen LogP contribution >= 0.6 is 11.6 Å². The Hall–Kier alpha value is -1.11. The third-order valence-corrected chi connectivity index (χ3v) is 5.07. The summed E-state index contributed by atoms with van der Waals surface area (Å²) in [5.41, 5.74) is 0.590. The number of fused-ring (bicyclic) bond motifs is 2. The zero-order chi connectivity index (χ0) is 13.5. The van der Waals surface area contributed by atoms with Crippen LogP contribution in [0.1, 0.15) is 37.7 Å². The molecule has 2 bridgehead atoms. The summed E-state index contributed by atoms with van der Waals surface area (Å²) in [6.07, 6.45) is 8.93. The fourth-order valence-electron chi connectivity index (χ4n) is 3.74. The van der Waals surface area contributed by atoms with E-state index in [2.05, 4.69) is 23.0 Å². The molecule has 2 fully saturated rings. The maximum atomic E-state index is 9.79. The van der Waals surface area contributed by atoms with Gasteiger partial charge in [-0.1, -0.05) is 18.0 Å². The van der Waals surface area contributed by atoms with Gasteiger partial charge in [-0.25, -0.2) is 0 Å². The lowest BCUT2D eigenvalue weighted by Crippen LogP contribution is -2.54. The highest BCUT2D eigenvalue weighted by molar-refractivity contribution is 6.30. The molecule has 2 aliphatic heterocycles. The van der Waals surface area contributed by atoms with Gasteiger partial charge in [0.25, 0.3) is 0 Å². The smallest absolute Gasteiger partial charge is 0.0867 e. The van der Waals surface area contributed by atoms with Crippen LogP contribution in [-0.4, -0.2) is 29.0 Å². The first kappa shape index (κ1) is 12.9. The minimum atomic E-state index is -0.403. The molecule has 2 unspecified atom stereocenters. The van der Waals surface area contributed by atoms with Crippen molar-refractivity contribution >= 4 is 11.6 Å². The molecule has 2 aliphatic rings. The predicted octanol–water partition coefficient (Wildman–Crippen LogP) is 3.14. The molecule has 2 saturated heterocycles. The van der Waals surface area contributed by atoms with E-state index in [9.17, 15) is 5.26 Å². The molecule has 19 heavy (non-hydrogen) atoms. The van der Waals surface area contributed by atoms with Crippen LogP contribution in [0.3, 0.4) is 0 Å². The molecular weight excluding hydrogens is 258 g/mol. The number of nitrogens with zero attached hydrogens (tertiary/aromatic N) is 3. The molecule has 0 radical (unpaired) electrons. The van der Waals surface area contributed by atoms with Crippen LogP contribution in [0.4, 0.5) is 0 Å². The summed E-state index contributed by atoms with van der Waals surface area (Å²) < 4.78 is 0. The van der Waals surface area contributed by atoms with Crippen molar-refractivity contribution in [3.05, 3.63) is 29.0 Å². The topological polar surface area (TPSA) is 39.9 Å². The zero-order valence-corrected chi connectivity index (χ0v) is 11.9. The average Bonchev–Trinajstić information content (AvgIpc) is 2.39. The Morgan fingerprint density at radius 1 is 1.37 bits per heavy atom. The third-order valence-electron chi connectivity index (χ3n) is 4.87. The van der Waals surface area contributed by atoms with Gasteiger partial charge in [0.15, 0.2) is 0 Å². The number of hydrogen-bond acceptors (Lipinski definition) is 3. The number of nitriles is 1. The first-order valence-electron chi connectivity index (χ1n) is 6.89. The molecule has 4 heteroatoms. The van der Waals surface area contributed by atoms with E-state index in [1.54, 1.807) is 6.20 Å². The van der Waals surface area contributed by atoms with Crippen molar-refractivity contribution in [3.63, 3.8) is 0 Å². The molecule has 0 saturated carbocycles. The minimum Gasteiger partial charge on any atom is -0.300 e. The second-order valence-electron chi connectivity index (χ2n) is 5.90. The van der Waals surface area contributed by atoms with Crippen molar-refractivity contribution in [2.75, 3.05) is 7.05 Å². The van der Waals surface area contributed by atoms with Crippen LogP contribution in [0, 0.1) is 11.3 Å². The second kappa shape index (κ2) is 4.77. The van der Waals surface area contributed by atoms with Crippen molar-refractivity contribution < 1.29 is 0 Å². The van der Waals surface area contributed by atoms with Crippen LogP contribution < -0.4 is 0 Å². The molecular formula is C15H18ClN3. The molecule has 0 spiro atoms. The van der Waals surface area contributed by atoms with Crippen molar-refractivity contribution in [1.29, 1.82) is 5.26 Å². The van der Waals surface area contributed by atoms with Gasteiger partial charge in [-0.15, -0.1) is 0 Å². The van der Waals surface area contributed by atoms with Crippen LogP contribution in [0.15, 0.2) is 18.5 Å². The standard InChI is InChI=1S/C15H18ClN3/c1-19-13-3-2-4-14(19)7-15(6-13,10-17)11-5-12(16)9-18-8-11/h5,8-9,13-14H,2-4,6-7H2,1H3. The molecule has 3 rings (SSSR count). The highest BCUT2D eigenvalue weighted by Gasteiger charge is 2.46. The number of halogens is 1. The quantitative estimate of drug-likeness (QED) is 0.790. The summed E-state index contributed by atoms with van der Waals surface area (Å²) in [4.78, 5) is 6.64. The van der Waals surface area contributed by atoms with Gasteiger partial charge in [-0.05, 0) is 44.4 Å². The van der Waals surface area contributed by atoms with E-state index < -0.39 is 5.41 Å².